The maximum atomic E-state index is 10.6. The largest absolute Gasteiger partial charge is 0.493 e. The minimum atomic E-state index is -1.25. The highest BCUT2D eigenvalue weighted by atomic mass is 16.5. The quantitative estimate of drug-likeness (QED) is 0.723. The van der Waals surface area contributed by atoms with Gasteiger partial charge >= 0.3 is 0 Å². The van der Waals surface area contributed by atoms with Gasteiger partial charge in [-0.3, -0.25) is 0 Å². The summed E-state index contributed by atoms with van der Waals surface area (Å²) in [5, 5.41) is 30.2. The summed E-state index contributed by atoms with van der Waals surface area (Å²) in [6.45, 7) is -0.346. The zero-order valence-electron chi connectivity index (χ0n) is 10.7. The molecule has 1 aromatic rings. The lowest BCUT2D eigenvalue weighted by Crippen LogP contribution is -2.53. The van der Waals surface area contributed by atoms with Crippen molar-refractivity contribution in [1.82, 2.24) is 0 Å². The SMILES string of the molecule is COc1cccc2c1O[C@H]1[C@@H]2[C@@](O)(CO)CC[C@@H]1O. The van der Waals surface area contributed by atoms with Crippen LogP contribution in [0.4, 0.5) is 0 Å². The van der Waals surface area contributed by atoms with E-state index in [0.29, 0.717) is 24.3 Å². The van der Waals surface area contributed by atoms with Gasteiger partial charge in [-0.25, -0.2) is 0 Å². The zero-order valence-corrected chi connectivity index (χ0v) is 10.7. The third-order valence-corrected chi connectivity index (χ3v) is 4.25. The lowest BCUT2D eigenvalue weighted by atomic mass is 9.70. The molecule has 104 valence electrons. The third-order valence-electron chi connectivity index (χ3n) is 4.25. The number of fused-ring (bicyclic) bond motifs is 3. The van der Waals surface area contributed by atoms with Crippen molar-refractivity contribution >= 4 is 0 Å². The molecule has 5 heteroatoms. The molecule has 0 bridgehead atoms. The van der Waals surface area contributed by atoms with E-state index < -0.39 is 23.7 Å². The fourth-order valence-electron chi connectivity index (χ4n) is 3.24. The van der Waals surface area contributed by atoms with Gasteiger partial charge in [-0.15, -0.1) is 0 Å². The van der Waals surface area contributed by atoms with E-state index in [1.807, 2.05) is 12.1 Å². The summed E-state index contributed by atoms with van der Waals surface area (Å²) in [6.07, 6.45) is -0.411. The lowest BCUT2D eigenvalue weighted by Gasteiger charge is -2.41. The van der Waals surface area contributed by atoms with E-state index in [1.165, 1.54) is 0 Å². The molecule has 1 aromatic carbocycles. The Hall–Kier alpha value is -1.30. The predicted molar refractivity (Wildman–Crippen MR) is 67.4 cm³/mol. The third kappa shape index (κ3) is 1.73. The first kappa shape index (κ1) is 12.7. The number of rotatable bonds is 2. The number of hydrogen-bond donors (Lipinski definition) is 3. The standard InChI is InChI=1S/C14H18O5/c1-18-10-4-2-3-8-11-13(19-12(8)10)9(16)5-6-14(11,17)7-15/h2-4,9,11,13,15-17H,5-7H2,1H3/t9-,11+,13+,14-/m0/s1. The van der Waals surface area contributed by atoms with Crippen LogP contribution in [0, 0.1) is 0 Å². The molecule has 1 saturated carbocycles. The summed E-state index contributed by atoms with van der Waals surface area (Å²) in [5.41, 5.74) is -0.457. The summed E-state index contributed by atoms with van der Waals surface area (Å²) < 4.78 is 11.0. The molecule has 4 atom stereocenters. The molecular weight excluding hydrogens is 248 g/mol. The van der Waals surface area contributed by atoms with Gasteiger partial charge in [-0.05, 0) is 18.9 Å². The first-order valence-corrected chi connectivity index (χ1v) is 6.45. The highest BCUT2D eigenvalue weighted by molar-refractivity contribution is 5.53. The number of ether oxygens (including phenoxy) is 2. The van der Waals surface area contributed by atoms with Gasteiger partial charge in [0.25, 0.3) is 0 Å². The molecule has 1 fully saturated rings. The predicted octanol–water partition coefficient (Wildman–Crippen LogP) is 0.418. The molecule has 2 aliphatic rings. The number of aliphatic hydroxyl groups is 3. The Morgan fingerprint density at radius 1 is 1.47 bits per heavy atom. The van der Waals surface area contributed by atoms with Crippen LogP contribution in [0.1, 0.15) is 24.3 Å². The molecular formula is C14H18O5. The fourth-order valence-corrected chi connectivity index (χ4v) is 3.24. The van der Waals surface area contributed by atoms with Crippen LogP contribution in [0.3, 0.4) is 0 Å². The maximum absolute atomic E-state index is 10.6. The van der Waals surface area contributed by atoms with E-state index in [0.717, 1.165) is 5.56 Å². The van der Waals surface area contributed by atoms with Crippen LogP contribution in [-0.2, 0) is 0 Å². The number of hydrogen-bond acceptors (Lipinski definition) is 5. The Balaban J connectivity index is 2.10. The second-order valence-electron chi connectivity index (χ2n) is 5.31. The Kier molecular flexibility index (Phi) is 2.92. The molecule has 3 N–H and O–H groups in total. The van der Waals surface area contributed by atoms with E-state index in [9.17, 15) is 15.3 Å². The lowest BCUT2D eigenvalue weighted by molar-refractivity contribution is -0.118. The smallest absolute Gasteiger partial charge is 0.165 e. The van der Waals surface area contributed by atoms with Gasteiger partial charge in [0.05, 0.1) is 31.3 Å². The average molecular weight is 266 g/mol. The van der Waals surface area contributed by atoms with E-state index in [4.69, 9.17) is 9.47 Å². The monoisotopic (exact) mass is 266 g/mol. The van der Waals surface area contributed by atoms with Gasteiger partial charge in [-0.2, -0.15) is 0 Å². The average Bonchev–Trinajstić information content (AvgIpc) is 2.84. The Bertz CT molecular complexity index is 489. The Labute approximate surface area is 111 Å². The fraction of sp³-hybridized carbons (Fsp3) is 0.571. The Morgan fingerprint density at radius 3 is 2.95 bits per heavy atom. The summed E-state index contributed by atoms with van der Waals surface area (Å²) in [7, 11) is 1.55. The van der Waals surface area contributed by atoms with Gasteiger partial charge in [-0.1, -0.05) is 12.1 Å². The molecule has 1 aliphatic carbocycles. The van der Waals surface area contributed by atoms with Gasteiger partial charge in [0.1, 0.15) is 6.10 Å². The van der Waals surface area contributed by atoms with Gasteiger partial charge in [0.2, 0.25) is 0 Å². The van der Waals surface area contributed by atoms with E-state index in [2.05, 4.69) is 0 Å². The molecule has 19 heavy (non-hydrogen) atoms. The van der Waals surface area contributed by atoms with Crippen LogP contribution in [0.25, 0.3) is 0 Å². The van der Waals surface area contributed by atoms with Crippen LogP contribution in [0.15, 0.2) is 18.2 Å². The maximum Gasteiger partial charge on any atom is 0.165 e. The van der Waals surface area contributed by atoms with Crippen molar-refractivity contribution in [3.8, 4) is 11.5 Å². The zero-order chi connectivity index (χ0) is 13.6. The molecule has 0 saturated heterocycles. The highest BCUT2D eigenvalue weighted by Gasteiger charge is 2.54. The minimum Gasteiger partial charge on any atom is -0.493 e. The highest BCUT2D eigenvalue weighted by Crippen LogP contribution is 2.53. The Morgan fingerprint density at radius 2 is 2.26 bits per heavy atom. The van der Waals surface area contributed by atoms with Gasteiger partial charge in [0.15, 0.2) is 11.5 Å². The van der Waals surface area contributed by atoms with Crippen LogP contribution < -0.4 is 9.47 Å². The van der Waals surface area contributed by atoms with E-state index in [-0.39, 0.29) is 6.61 Å². The topological polar surface area (TPSA) is 79.2 Å². The van der Waals surface area contributed by atoms with Gasteiger partial charge < -0.3 is 24.8 Å². The second kappa shape index (κ2) is 4.37. The summed E-state index contributed by atoms with van der Waals surface area (Å²) in [6, 6.07) is 5.45. The summed E-state index contributed by atoms with van der Waals surface area (Å²) in [4.78, 5) is 0. The van der Waals surface area contributed by atoms with Crippen molar-refractivity contribution in [3.63, 3.8) is 0 Å². The second-order valence-corrected chi connectivity index (χ2v) is 5.31. The van der Waals surface area contributed by atoms with Crippen molar-refractivity contribution in [2.45, 2.75) is 36.6 Å². The molecule has 1 heterocycles. The normalized spacial score (nSPS) is 36.3. The molecule has 3 rings (SSSR count). The molecule has 0 unspecified atom stereocenters. The number of methoxy groups -OCH3 is 1. The van der Waals surface area contributed by atoms with Crippen LogP contribution >= 0.6 is 0 Å². The first-order valence-electron chi connectivity index (χ1n) is 6.45. The van der Waals surface area contributed by atoms with Crippen molar-refractivity contribution in [2.24, 2.45) is 0 Å². The van der Waals surface area contributed by atoms with Crippen LogP contribution in [0.2, 0.25) is 0 Å². The van der Waals surface area contributed by atoms with Crippen molar-refractivity contribution in [2.75, 3.05) is 13.7 Å². The van der Waals surface area contributed by atoms with Crippen molar-refractivity contribution in [1.29, 1.82) is 0 Å². The minimum absolute atomic E-state index is 0.346. The molecule has 0 spiro atoms. The van der Waals surface area contributed by atoms with E-state index in [1.54, 1.807) is 13.2 Å². The van der Waals surface area contributed by atoms with E-state index >= 15 is 0 Å². The van der Waals surface area contributed by atoms with Crippen LogP contribution in [0.5, 0.6) is 11.5 Å². The first-order chi connectivity index (χ1) is 9.10. The van der Waals surface area contributed by atoms with Gasteiger partial charge in [0, 0.05) is 5.56 Å². The molecule has 5 nitrogen and oxygen atoms in total. The molecule has 0 aromatic heterocycles. The number of aliphatic hydroxyl groups excluding tert-OH is 2. The van der Waals surface area contributed by atoms with Crippen molar-refractivity contribution < 1.29 is 24.8 Å². The number of benzene rings is 1. The molecule has 1 aliphatic heterocycles. The number of para-hydroxylation sites is 1. The molecule has 0 radical (unpaired) electrons. The summed E-state index contributed by atoms with van der Waals surface area (Å²) in [5.74, 6) is 0.721. The van der Waals surface area contributed by atoms with Crippen molar-refractivity contribution in [3.05, 3.63) is 23.8 Å². The molecule has 0 amide bonds. The summed E-state index contributed by atoms with van der Waals surface area (Å²) >= 11 is 0. The van der Waals surface area contributed by atoms with Crippen LogP contribution in [-0.4, -0.2) is 46.8 Å².